The van der Waals surface area contributed by atoms with Crippen molar-refractivity contribution in [3.8, 4) is 17.1 Å². The number of hydrogen-bond donors (Lipinski definition) is 0. The number of likely N-dealkylation sites (tertiary alicyclic amines) is 1. The number of carbonyl (C=O) groups excluding carboxylic acids is 1. The summed E-state index contributed by atoms with van der Waals surface area (Å²) in [4.78, 5) is 22.7. The third-order valence-corrected chi connectivity index (χ3v) is 6.16. The van der Waals surface area contributed by atoms with Crippen LogP contribution in [0, 0.1) is 5.92 Å². The molecule has 0 radical (unpaired) electrons. The molecule has 0 unspecified atom stereocenters. The van der Waals surface area contributed by atoms with E-state index in [9.17, 15) is 9.18 Å². The van der Waals surface area contributed by atoms with E-state index >= 15 is 0 Å². The van der Waals surface area contributed by atoms with Crippen molar-refractivity contribution in [2.75, 3.05) is 33.4 Å². The van der Waals surface area contributed by atoms with Gasteiger partial charge in [0, 0.05) is 12.1 Å². The number of rotatable bonds is 9. The second-order valence-electron chi connectivity index (χ2n) is 8.20. The van der Waals surface area contributed by atoms with Crippen LogP contribution < -0.4 is 4.74 Å². The van der Waals surface area contributed by atoms with Crippen molar-refractivity contribution in [1.82, 2.24) is 14.9 Å². The minimum Gasteiger partial charge on any atom is -0.476 e. The summed E-state index contributed by atoms with van der Waals surface area (Å²) in [5.74, 6) is 0.532. The van der Waals surface area contributed by atoms with Crippen LogP contribution in [0.3, 0.4) is 0 Å². The number of methoxy groups -OCH3 is 1. The van der Waals surface area contributed by atoms with E-state index in [1.807, 2.05) is 19.9 Å². The van der Waals surface area contributed by atoms with Gasteiger partial charge in [-0.3, -0.25) is 0 Å². The average molecular weight is 430 g/mol. The lowest BCUT2D eigenvalue weighted by Crippen LogP contribution is -2.44. The monoisotopic (exact) mass is 429 g/mol. The minimum absolute atomic E-state index is 0.387. The fourth-order valence-electron chi connectivity index (χ4n) is 3.85. The molecule has 3 rings (SSSR count). The lowest BCUT2D eigenvalue weighted by molar-refractivity contribution is 0.0564. The number of carbonyl (C=O) groups is 1. The lowest BCUT2D eigenvalue weighted by Gasteiger charge is -2.36. The quantitative estimate of drug-likeness (QED) is 0.545. The Morgan fingerprint density at radius 2 is 1.94 bits per heavy atom. The molecule has 1 aliphatic heterocycles. The summed E-state index contributed by atoms with van der Waals surface area (Å²) >= 11 is 0. The van der Waals surface area contributed by atoms with E-state index in [-0.39, 0.29) is 5.97 Å². The summed E-state index contributed by atoms with van der Waals surface area (Å²) in [6, 6.07) is 7.08. The van der Waals surface area contributed by atoms with Gasteiger partial charge in [-0.15, -0.1) is 0 Å². The van der Waals surface area contributed by atoms with Crippen molar-refractivity contribution in [1.29, 1.82) is 0 Å². The van der Waals surface area contributed by atoms with Crippen LogP contribution in [-0.4, -0.2) is 59.9 Å². The molecule has 0 atom stereocenters. The van der Waals surface area contributed by atoms with Crippen LogP contribution in [-0.2, 0) is 4.74 Å². The number of nitrogens with zero attached hydrogens (tertiary/aromatic N) is 3. The van der Waals surface area contributed by atoms with E-state index < -0.39 is 5.67 Å². The van der Waals surface area contributed by atoms with Gasteiger partial charge in [0.1, 0.15) is 5.67 Å². The minimum atomic E-state index is -1.07. The molecule has 1 fully saturated rings. The van der Waals surface area contributed by atoms with Crippen LogP contribution in [0.15, 0.2) is 36.7 Å². The molecular weight excluding hydrogens is 397 g/mol. The highest BCUT2D eigenvalue weighted by Crippen LogP contribution is 2.26. The predicted octanol–water partition coefficient (Wildman–Crippen LogP) is 4.55. The molecule has 0 bridgehead atoms. The molecule has 31 heavy (non-hydrogen) atoms. The topological polar surface area (TPSA) is 64.5 Å². The first-order valence-electron chi connectivity index (χ1n) is 11.0. The molecule has 2 aromatic rings. The van der Waals surface area contributed by atoms with E-state index in [1.54, 1.807) is 30.6 Å². The third-order valence-electron chi connectivity index (χ3n) is 6.16. The molecule has 0 N–H and O–H groups in total. The van der Waals surface area contributed by atoms with Gasteiger partial charge in [0.05, 0.1) is 37.4 Å². The Morgan fingerprint density at radius 1 is 1.19 bits per heavy atom. The van der Waals surface area contributed by atoms with Crippen LogP contribution in [0.4, 0.5) is 4.39 Å². The Kier molecular flexibility index (Phi) is 7.96. The summed E-state index contributed by atoms with van der Waals surface area (Å²) in [5, 5.41) is 0. The Labute approximate surface area is 183 Å². The smallest absolute Gasteiger partial charge is 0.337 e. The maximum atomic E-state index is 14.6. The van der Waals surface area contributed by atoms with Gasteiger partial charge >= 0.3 is 5.97 Å². The highest BCUT2D eigenvalue weighted by Gasteiger charge is 2.30. The largest absolute Gasteiger partial charge is 0.476 e. The molecule has 168 valence electrons. The number of aromatic nitrogens is 2. The van der Waals surface area contributed by atoms with Crippen molar-refractivity contribution < 1.29 is 18.7 Å². The zero-order valence-electron chi connectivity index (χ0n) is 18.6. The van der Waals surface area contributed by atoms with Crippen molar-refractivity contribution in [3.05, 3.63) is 42.2 Å². The Morgan fingerprint density at radius 3 is 2.55 bits per heavy atom. The van der Waals surface area contributed by atoms with Crippen molar-refractivity contribution in [2.24, 2.45) is 5.92 Å². The third kappa shape index (κ3) is 6.23. The van der Waals surface area contributed by atoms with E-state index in [1.165, 1.54) is 7.11 Å². The summed E-state index contributed by atoms with van der Waals surface area (Å²) in [6.45, 7) is 6.76. The van der Waals surface area contributed by atoms with Gasteiger partial charge in [-0.25, -0.2) is 19.2 Å². The van der Waals surface area contributed by atoms with Gasteiger partial charge in [-0.05, 0) is 56.8 Å². The average Bonchev–Trinajstić information content (AvgIpc) is 2.83. The number of ether oxygens (including phenoxy) is 2. The summed E-state index contributed by atoms with van der Waals surface area (Å²) in [7, 11) is 1.36. The van der Waals surface area contributed by atoms with E-state index in [0.717, 1.165) is 31.5 Å². The number of benzene rings is 1. The van der Waals surface area contributed by atoms with E-state index in [0.29, 0.717) is 49.0 Å². The van der Waals surface area contributed by atoms with E-state index in [4.69, 9.17) is 9.47 Å². The number of alkyl halides is 1. The fourth-order valence-corrected chi connectivity index (χ4v) is 3.85. The molecule has 0 aliphatic carbocycles. The zero-order valence-corrected chi connectivity index (χ0v) is 18.6. The lowest BCUT2D eigenvalue weighted by atomic mass is 9.94. The molecule has 6 nitrogen and oxygen atoms in total. The summed E-state index contributed by atoms with van der Waals surface area (Å²) < 4.78 is 25.2. The Balaban J connectivity index is 1.49. The van der Waals surface area contributed by atoms with Crippen molar-refractivity contribution in [3.63, 3.8) is 0 Å². The predicted molar refractivity (Wildman–Crippen MR) is 118 cm³/mol. The van der Waals surface area contributed by atoms with Gasteiger partial charge in [-0.1, -0.05) is 26.0 Å². The number of piperidine rings is 1. The maximum absolute atomic E-state index is 14.6. The van der Waals surface area contributed by atoms with Crippen LogP contribution in [0.5, 0.6) is 5.88 Å². The number of halogens is 1. The highest BCUT2D eigenvalue weighted by molar-refractivity contribution is 5.90. The molecule has 1 aromatic heterocycles. The van der Waals surface area contributed by atoms with Gasteiger partial charge in [0.25, 0.3) is 0 Å². The second kappa shape index (κ2) is 10.7. The first-order chi connectivity index (χ1) is 15.0. The second-order valence-corrected chi connectivity index (χ2v) is 8.20. The maximum Gasteiger partial charge on any atom is 0.337 e. The molecule has 0 saturated carbocycles. The Hall–Kier alpha value is -2.54. The first-order valence-corrected chi connectivity index (χ1v) is 11.0. The van der Waals surface area contributed by atoms with Crippen LogP contribution in [0.25, 0.3) is 11.3 Å². The molecule has 0 amide bonds. The van der Waals surface area contributed by atoms with Gasteiger partial charge in [-0.2, -0.15) is 0 Å². The van der Waals surface area contributed by atoms with Crippen LogP contribution >= 0.6 is 0 Å². The SMILES string of the molecule is CCC(F)(CC)CN1CCC(COc2cnc(-c3cccc(C(=O)OC)c3)cn2)CC1. The molecule has 1 saturated heterocycles. The molecular formula is C24H32FN3O3. The van der Waals surface area contributed by atoms with Crippen LogP contribution in [0.2, 0.25) is 0 Å². The van der Waals surface area contributed by atoms with Gasteiger partial charge in [0.2, 0.25) is 5.88 Å². The summed E-state index contributed by atoms with van der Waals surface area (Å²) in [6.07, 6.45) is 6.37. The highest BCUT2D eigenvalue weighted by atomic mass is 19.1. The van der Waals surface area contributed by atoms with E-state index in [2.05, 4.69) is 14.9 Å². The zero-order chi connectivity index (χ0) is 22.3. The molecule has 1 aliphatic rings. The Bertz CT molecular complexity index is 847. The normalized spacial score (nSPS) is 15.6. The fraction of sp³-hybridized carbons (Fsp3) is 0.542. The summed E-state index contributed by atoms with van der Waals surface area (Å²) in [5.41, 5.74) is 0.846. The number of hydrogen-bond acceptors (Lipinski definition) is 6. The van der Waals surface area contributed by atoms with Crippen LogP contribution in [0.1, 0.15) is 49.9 Å². The van der Waals surface area contributed by atoms with Crippen molar-refractivity contribution in [2.45, 2.75) is 45.2 Å². The first kappa shape index (κ1) is 23.1. The van der Waals surface area contributed by atoms with Gasteiger partial charge < -0.3 is 14.4 Å². The molecule has 1 aromatic carbocycles. The molecule has 2 heterocycles. The molecule has 7 heteroatoms. The van der Waals surface area contributed by atoms with Gasteiger partial charge in [0.15, 0.2) is 0 Å². The molecule has 0 spiro atoms. The number of esters is 1. The standard InChI is InChI=1S/C24H32FN3O3/c1-4-24(25,5-2)17-28-11-9-18(10-12-28)16-31-22-15-26-21(14-27-22)19-7-6-8-20(13-19)23(29)30-3/h6-8,13-15,18H,4-5,9-12,16-17H2,1-3H3. The van der Waals surface area contributed by atoms with Crippen molar-refractivity contribution >= 4 is 5.97 Å².